The molecule has 0 amide bonds. The number of hydrogen-bond acceptors (Lipinski definition) is 4. The van der Waals surface area contributed by atoms with E-state index in [1.807, 2.05) is 17.5 Å². The highest BCUT2D eigenvalue weighted by Gasteiger charge is 2.23. The number of fused-ring (bicyclic) bond motifs is 2. The topological polar surface area (TPSA) is 63.6 Å². The van der Waals surface area contributed by atoms with E-state index in [0.717, 1.165) is 11.1 Å². The zero-order valence-corrected chi connectivity index (χ0v) is 11.4. The predicted molar refractivity (Wildman–Crippen MR) is 74.5 cm³/mol. The van der Waals surface area contributed by atoms with Crippen molar-refractivity contribution in [3.05, 3.63) is 51.2 Å². The molecule has 0 radical (unpaired) electrons. The molecule has 0 aliphatic carbocycles. The average Bonchev–Trinajstić information content (AvgIpc) is 2.86. The third-order valence-electron chi connectivity index (χ3n) is 3.25. The molecule has 4 nitrogen and oxygen atoms in total. The van der Waals surface area contributed by atoms with Crippen LogP contribution in [0.2, 0.25) is 0 Å². The number of carboxylic acids is 1. The first kappa shape index (κ1) is 12.9. The molecule has 102 valence electrons. The van der Waals surface area contributed by atoms with Gasteiger partial charge in [0.25, 0.3) is 0 Å². The van der Waals surface area contributed by atoms with Crippen molar-refractivity contribution < 1.29 is 19.4 Å². The van der Waals surface area contributed by atoms with Crippen molar-refractivity contribution >= 4 is 23.1 Å². The van der Waals surface area contributed by atoms with Crippen LogP contribution in [-0.4, -0.2) is 16.9 Å². The van der Waals surface area contributed by atoms with Gasteiger partial charge in [-0.05, 0) is 35.6 Å². The highest BCUT2D eigenvalue weighted by Crippen LogP contribution is 2.31. The smallest absolute Gasteiger partial charge is 0.303 e. The first-order valence-corrected chi connectivity index (χ1v) is 7.11. The molecule has 2 heterocycles. The van der Waals surface area contributed by atoms with E-state index >= 15 is 0 Å². The zero-order chi connectivity index (χ0) is 14.1. The molecular formula is C15H12O4S. The zero-order valence-electron chi connectivity index (χ0n) is 10.6. The summed E-state index contributed by atoms with van der Waals surface area (Å²) in [6, 6.07) is 7.21. The Kier molecular flexibility index (Phi) is 3.28. The first-order chi connectivity index (χ1) is 9.65. The minimum atomic E-state index is -0.844. The van der Waals surface area contributed by atoms with Crippen LogP contribution in [0.15, 0.2) is 29.6 Å². The van der Waals surface area contributed by atoms with Gasteiger partial charge >= 0.3 is 5.97 Å². The van der Waals surface area contributed by atoms with Crippen LogP contribution >= 0.6 is 11.3 Å². The Labute approximate surface area is 119 Å². The molecule has 1 aromatic carbocycles. The standard InChI is InChI=1S/C15H12O4S/c16-13(17)4-2-9-1-3-12-11(7-9)14(18)15-10(8-19-12)5-6-20-15/h1,3,5-7H,2,4,8H2,(H,16,17). The van der Waals surface area contributed by atoms with E-state index in [-0.39, 0.29) is 12.2 Å². The van der Waals surface area contributed by atoms with Gasteiger partial charge < -0.3 is 9.84 Å². The number of carboxylic acid groups (broad SMARTS) is 1. The third-order valence-corrected chi connectivity index (χ3v) is 4.21. The summed E-state index contributed by atoms with van der Waals surface area (Å²) in [5.74, 6) is -0.319. The lowest BCUT2D eigenvalue weighted by atomic mass is 10.0. The molecule has 5 heteroatoms. The summed E-state index contributed by atoms with van der Waals surface area (Å²) in [7, 11) is 0. The van der Waals surface area contributed by atoms with Crippen LogP contribution in [0.1, 0.15) is 32.8 Å². The Morgan fingerprint density at radius 1 is 1.35 bits per heavy atom. The molecule has 0 atom stereocenters. The van der Waals surface area contributed by atoms with E-state index in [4.69, 9.17) is 9.84 Å². The maximum Gasteiger partial charge on any atom is 0.303 e. The lowest BCUT2D eigenvalue weighted by molar-refractivity contribution is -0.136. The van der Waals surface area contributed by atoms with E-state index in [2.05, 4.69) is 0 Å². The first-order valence-electron chi connectivity index (χ1n) is 6.24. The molecule has 0 saturated heterocycles. The summed E-state index contributed by atoms with van der Waals surface area (Å²) in [5.41, 5.74) is 2.26. The van der Waals surface area contributed by atoms with Gasteiger partial charge in [0.2, 0.25) is 5.78 Å². The van der Waals surface area contributed by atoms with Crippen molar-refractivity contribution in [3.63, 3.8) is 0 Å². The van der Waals surface area contributed by atoms with Gasteiger partial charge in [-0.15, -0.1) is 11.3 Å². The quantitative estimate of drug-likeness (QED) is 0.943. The Hall–Kier alpha value is -2.14. The number of ether oxygens (including phenoxy) is 1. The number of aliphatic carboxylic acids is 1. The Morgan fingerprint density at radius 2 is 2.20 bits per heavy atom. The van der Waals surface area contributed by atoms with Gasteiger partial charge in [-0.25, -0.2) is 0 Å². The molecule has 0 unspecified atom stereocenters. The Bertz CT molecular complexity index is 687. The number of carbonyl (C=O) groups is 2. The van der Waals surface area contributed by atoms with Gasteiger partial charge in [-0.2, -0.15) is 0 Å². The number of carbonyl (C=O) groups excluding carboxylic acids is 1. The predicted octanol–water partition coefficient (Wildman–Crippen LogP) is 2.89. The third kappa shape index (κ3) is 2.32. The van der Waals surface area contributed by atoms with Gasteiger partial charge in [-0.3, -0.25) is 9.59 Å². The maximum atomic E-state index is 12.5. The van der Waals surface area contributed by atoms with Crippen molar-refractivity contribution in [1.29, 1.82) is 0 Å². The van der Waals surface area contributed by atoms with E-state index in [1.54, 1.807) is 12.1 Å². The second-order valence-corrected chi connectivity index (χ2v) is 5.53. The number of rotatable bonds is 3. The molecule has 1 aliphatic heterocycles. The van der Waals surface area contributed by atoms with E-state index in [9.17, 15) is 9.59 Å². The number of aryl methyl sites for hydroxylation is 1. The van der Waals surface area contributed by atoms with Crippen LogP contribution in [0.4, 0.5) is 0 Å². The minimum absolute atomic E-state index is 0.0420. The summed E-state index contributed by atoms with van der Waals surface area (Å²) in [6.45, 7) is 0.395. The molecule has 20 heavy (non-hydrogen) atoms. The van der Waals surface area contributed by atoms with E-state index < -0.39 is 5.97 Å². The van der Waals surface area contributed by atoms with Crippen LogP contribution in [0, 0.1) is 0 Å². The van der Waals surface area contributed by atoms with Crippen molar-refractivity contribution in [2.45, 2.75) is 19.4 Å². The highest BCUT2D eigenvalue weighted by molar-refractivity contribution is 7.12. The minimum Gasteiger partial charge on any atom is -0.488 e. The fourth-order valence-electron chi connectivity index (χ4n) is 2.21. The van der Waals surface area contributed by atoms with Crippen LogP contribution < -0.4 is 4.74 Å². The molecule has 2 aromatic rings. The summed E-state index contributed by atoms with van der Waals surface area (Å²) < 4.78 is 5.65. The molecule has 0 spiro atoms. The van der Waals surface area contributed by atoms with Crippen molar-refractivity contribution in [2.75, 3.05) is 0 Å². The molecule has 0 fully saturated rings. The fourth-order valence-corrected chi connectivity index (χ4v) is 3.08. The number of ketones is 1. The van der Waals surface area contributed by atoms with Crippen molar-refractivity contribution in [1.82, 2.24) is 0 Å². The van der Waals surface area contributed by atoms with Crippen LogP contribution in [0.3, 0.4) is 0 Å². The average molecular weight is 288 g/mol. The summed E-state index contributed by atoms with van der Waals surface area (Å²) in [5, 5.41) is 10.6. The van der Waals surface area contributed by atoms with Gasteiger partial charge in [0.15, 0.2) is 0 Å². The van der Waals surface area contributed by atoms with Gasteiger partial charge in [0.05, 0.1) is 10.4 Å². The van der Waals surface area contributed by atoms with Gasteiger partial charge in [0, 0.05) is 12.0 Å². The monoisotopic (exact) mass is 288 g/mol. The summed E-state index contributed by atoms with van der Waals surface area (Å²) in [6.07, 6.45) is 0.464. The summed E-state index contributed by atoms with van der Waals surface area (Å²) in [4.78, 5) is 23.8. The lowest BCUT2D eigenvalue weighted by Gasteiger charge is -2.08. The van der Waals surface area contributed by atoms with E-state index in [1.165, 1.54) is 11.3 Å². The molecule has 0 bridgehead atoms. The normalized spacial score (nSPS) is 13.1. The summed E-state index contributed by atoms with van der Waals surface area (Å²) >= 11 is 1.41. The molecule has 1 aromatic heterocycles. The lowest BCUT2D eigenvalue weighted by Crippen LogP contribution is -2.02. The fraction of sp³-hybridized carbons (Fsp3) is 0.200. The SMILES string of the molecule is O=C(O)CCc1ccc2c(c1)C(=O)c1sccc1CO2. The van der Waals surface area contributed by atoms with Crippen LogP contribution in [0.5, 0.6) is 5.75 Å². The van der Waals surface area contributed by atoms with Gasteiger partial charge in [0.1, 0.15) is 12.4 Å². The molecule has 1 aliphatic rings. The van der Waals surface area contributed by atoms with E-state index in [0.29, 0.717) is 29.2 Å². The highest BCUT2D eigenvalue weighted by atomic mass is 32.1. The number of thiophene rings is 1. The molecule has 3 rings (SSSR count). The van der Waals surface area contributed by atoms with Crippen LogP contribution in [0.25, 0.3) is 0 Å². The number of benzene rings is 1. The number of hydrogen-bond donors (Lipinski definition) is 1. The van der Waals surface area contributed by atoms with Crippen molar-refractivity contribution in [3.8, 4) is 5.75 Å². The second-order valence-electron chi connectivity index (χ2n) is 4.62. The van der Waals surface area contributed by atoms with Gasteiger partial charge in [-0.1, -0.05) is 6.07 Å². The maximum absolute atomic E-state index is 12.5. The molecule has 0 saturated carbocycles. The molecule has 1 N–H and O–H groups in total. The van der Waals surface area contributed by atoms with Crippen molar-refractivity contribution in [2.24, 2.45) is 0 Å². The second kappa shape index (κ2) is 5.09. The molecular weight excluding hydrogens is 276 g/mol. The Balaban J connectivity index is 1.96. The Morgan fingerprint density at radius 3 is 3.00 bits per heavy atom. The largest absolute Gasteiger partial charge is 0.488 e. The van der Waals surface area contributed by atoms with Crippen LogP contribution in [-0.2, 0) is 17.8 Å².